The summed E-state index contributed by atoms with van der Waals surface area (Å²) in [5.41, 5.74) is 3.20. The lowest BCUT2D eigenvalue weighted by atomic mass is 10.1. The number of rotatable bonds is 5. The number of carbonyl (C=O) groups is 1. The largest absolute Gasteiger partial charge is 0.461 e. The van der Waals surface area contributed by atoms with Gasteiger partial charge < -0.3 is 4.74 Å². The smallest absolute Gasteiger partial charge is 0.358 e. The van der Waals surface area contributed by atoms with Crippen LogP contribution in [0.25, 0.3) is 11.3 Å². The van der Waals surface area contributed by atoms with Gasteiger partial charge in [-0.25, -0.2) is 4.79 Å². The lowest BCUT2D eigenvalue weighted by Crippen LogP contribution is -2.08. The first kappa shape index (κ1) is 15.0. The van der Waals surface area contributed by atoms with Gasteiger partial charge in [0.05, 0.1) is 18.8 Å². The fourth-order valence-corrected chi connectivity index (χ4v) is 2.35. The first-order valence-corrected chi connectivity index (χ1v) is 7.47. The number of pyridine rings is 1. The molecule has 0 aliphatic carbocycles. The highest BCUT2D eigenvalue weighted by atomic mass is 16.5. The third-order valence-corrected chi connectivity index (χ3v) is 3.39. The summed E-state index contributed by atoms with van der Waals surface area (Å²) in [4.78, 5) is 16.1. The summed E-state index contributed by atoms with van der Waals surface area (Å²) in [6, 6.07) is 15.5. The van der Waals surface area contributed by atoms with E-state index in [1.165, 1.54) is 0 Å². The lowest BCUT2D eigenvalue weighted by Gasteiger charge is -2.07. The molecule has 0 N–H and O–H groups in total. The van der Waals surface area contributed by atoms with Crippen LogP contribution in [0.3, 0.4) is 0 Å². The average Bonchev–Trinajstić information content (AvgIpc) is 3.01. The van der Waals surface area contributed by atoms with Gasteiger partial charge in [-0.3, -0.25) is 9.67 Å². The zero-order valence-corrected chi connectivity index (χ0v) is 12.8. The molecule has 0 amide bonds. The van der Waals surface area contributed by atoms with E-state index in [9.17, 15) is 4.79 Å². The summed E-state index contributed by atoms with van der Waals surface area (Å²) in [5.74, 6) is -0.408. The van der Waals surface area contributed by atoms with Crippen LogP contribution in [0.2, 0.25) is 0 Å². The van der Waals surface area contributed by atoms with E-state index in [-0.39, 0.29) is 0 Å². The first-order valence-electron chi connectivity index (χ1n) is 7.47. The molecule has 0 bridgehead atoms. The van der Waals surface area contributed by atoms with Crippen molar-refractivity contribution in [3.05, 3.63) is 72.2 Å². The third-order valence-electron chi connectivity index (χ3n) is 3.39. The molecule has 0 radical (unpaired) electrons. The summed E-state index contributed by atoms with van der Waals surface area (Å²) in [5, 5.41) is 4.41. The maximum absolute atomic E-state index is 12.0. The SMILES string of the molecule is CCOC(=O)c1cc(-c2ccccc2)n(Cc2cccnc2)n1. The monoisotopic (exact) mass is 307 g/mol. The second kappa shape index (κ2) is 6.87. The standard InChI is InChI=1S/C18H17N3O2/c1-2-23-18(22)16-11-17(15-8-4-3-5-9-15)21(20-16)13-14-7-6-10-19-12-14/h3-12H,2,13H2,1H3. The van der Waals surface area contributed by atoms with Gasteiger partial charge in [0.25, 0.3) is 0 Å². The summed E-state index contributed by atoms with van der Waals surface area (Å²) >= 11 is 0. The van der Waals surface area contributed by atoms with E-state index in [1.54, 1.807) is 30.1 Å². The number of hydrogen-bond acceptors (Lipinski definition) is 4. The molecule has 0 aliphatic rings. The molecule has 3 aromatic rings. The van der Waals surface area contributed by atoms with Crippen LogP contribution < -0.4 is 0 Å². The Kier molecular flexibility index (Phi) is 4.47. The Labute approximate surface area is 134 Å². The Balaban J connectivity index is 2.00. The Bertz CT molecular complexity index is 783. The molecule has 0 fully saturated rings. The van der Waals surface area contributed by atoms with Gasteiger partial charge in [0.1, 0.15) is 0 Å². The van der Waals surface area contributed by atoms with Gasteiger partial charge in [0, 0.05) is 12.4 Å². The van der Waals surface area contributed by atoms with E-state index in [0.29, 0.717) is 18.8 Å². The summed E-state index contributed by atoms with van der Waals surface area (Å²) in [6.07, 6.45) is 3.52. The van der Waals surface area contributed by atoms with Crippen molar-refractivity contribution in [3.63, 3.8) is 0 Å². The highest BCUT2D eigenvalue weighted by Crippen LogP contribution is 2.21. The molecule has 1 aromatic carbocycles. The van der Waals surface area contributed by atoms with Crippen molar-refractivity contribution in [1.82, 2.24) is 14.8 Å². The number of benzene rings is 1. The second-order valence-electron chi connectivity index (χ2n) is 5.02. The maximum Gasteiger partial charge on any atom is 0.358 e. The molecule has 5 nitrogen and oxygen atoms in total. The van der Waals surface area contributed by atoms with Gasteiger partial charge in [-0.1, -0.05) is 36.4 Å². The Hall–Kier alpha value is -2.95. The average molecular weight is 307 g/mol. The van der Waals surface area contributed by atoms with Crippen molar-refractivity contribution in [2.45, 2.75) is 13.5 Å². The minimum absolute atomic E-state index is 0.314. The molecule has 0 aliphatic heterocycles. The predicted molar refractivity (Wildman–Crippen MR) is 87.0 cm³/mol. The number of esters is 1. The summed E-state index contributed by atoms with van der Waals surface area (Å²) in [6.45, 7) is 2.65. The fraction of sp³-hybridized carbons (Fsp3) is 0.167. The molecule has 3 rings (SSSR count). The van der Waals surface area contributed by atoms with Crippen molar-refractivity contribution >= 4 is 5.97 Å². The number of carbonyl (C=O) groups excluding carboxylic acids is 1. The van der Waals surface area contributed by atoms with Gasteiger partial charge in [-0.05, 0) is 30.2 Å². The Morgan fingerprint density at radius 2 is 2.00 bits per heavy atom. The quantitative estimate of drug-likeness (QED) is 0.679. The minimum Gasteiger partial charge on any atom is -0.461 e. The molecule has 116 valence electrons. The Morgan fingerprint density at radius 3 is 2.70 bits per heavy atom. The van der Waals surface area contributed by atoms with E-state index in [1.807, 2.05) is 42.5 Å². The van der Waals surface area contributed by atoms with Gasteiger partial charge in [-0.15, -0.1) is 0 Å². The van der Waals surface area contributed by atoms with Crippen molar-refractivity contribution in [2.75, 3.05) is 6.61 Å². The molecule has 2 heterocycles. The van der Waals surface area contributed by atoms with Gasteiger partial charge in [-0.2, -0.15) is 5.10 Å². The molecule has 23 heavy (non-hydrogen) atoms. The van der Waals surface area contributed by atoms with E-state index in [2.05, 4.69) is 10.1 Å². The van der Waals surface area contributed by atoms with E-state index in [0.717, 1.165) is 16.8 Å². The minimum atomic E-state index is -0.408. The number of aromatic nitrogens is 3. The molecule has 2 aromatic heterocycles. The van der Waals surface area contributed by atoms with E-state index < -0.39 is 5.97 Å². The Morgan fingerprint density at radius 1 is 1.17 bits per heavy atom. The van der Waals surface area contributed by atoms with Crippen LogP contribution in [-0.2, 0) is 11.3 Å². The van der Waals surface area contributed by atoms with Crippen LogP contribution in [-0.4, -0.2) is 27.3 Å². The predicted octanol–water partition coefficient (Wildman–Crippen LogP) is 3.17. The second-order valence-corrected chi connectivity index (χ2v) is 5.02. The normalized spacial score (nSPS) is 10.5. The summed E-state index contributed by atoms with van der Waals surface area (Å²) < 4.78 is 6.86. The molecule has 0 unspecified atom stereocenters. The summed E-state index contributed by atoms with van der Waals surface area (Å²) in [7, 11) is 0. The topological polar surface area (TPSA) is 57.0 Å². The van der Waals surface area contributed by atoms with E-state index in [4.69, 9.17) is 4.74 Å². The van der Waals surface area contributed by atoms with Crippen LogP contribution in [0.5, 0.6) is 0 Å². The molecule has 0 saturated heterocycles. The van der Waals surface area contributed by atoms with Gasteiger partial charge >= 0.3 is 5.97 Å². The van der Waals surface area contributed by atoms with Crippen molar-refractivity contribution in [2.24, 2.45) is 0 Å². The van der Waals surface area contributed by atoms with Crippen molar-refractivity contribution in [3.8, 4) is 11.3 Å². The highest BCUT2D eigenvalue weighted by molar-refractivity contribution is 5.88. The molecule has 0 atom stereocenters. The van der Waals surface area contributed by atoms with Crippen LogP contribution >= 0.6 is 0 Å². The van der Waals surface area contributed by atoms with E-state index >= 15 is 0 Å². The zero-order chi connectivity index (χ0) is 16.1. The molecule has 0 spiro atoms. The van der Waals surface area contributed by atoms with Crippen molar-refractivity contribution in [1.29, 1.82) is 0 Å². The van der Waals surface area contributed by atoms with Crippen molar-refractivity contribution < 1.29 is 9.53 Å². The van der Waals surface area contributed by atoms with Gasteiger partial charge in [0.15, 0.2) is 5.69 Å². The van der Waals surface area contributed by atoms with Crippen LogP contribution in [0.15, 0.2) is 60.9 Å². The first-order chi connectivity index (χ1) is 11.3. The number of hydrogen-bond donors (Lipinski definition) is 0. The number of nitrogens with zero attached hydrogens (tertiary/aromatic N) is 3. The zero-order valence-electron chi connectivity index (χ0n) is 12.8. The third kappa shape index (κ3) is 3.45. The van der Waals surface area contributed by atoms with Gasteiger partial charge in [0.2, 0.25) is 0 Å². The number of ether oxygens (including phenoxy) is 1. The fourth-order valence-electron chi connectivity index (χ4n) is 2.35. The highest BCUT2D eigenvalue weighted by Gasteiger charge is 2.16. The lowest BCUT2D eigenvalue weighted by molar-refractivity contribution is 0.0518. The van der Waals surface area contributed by atoms with Crippen LogP contribution in [0.4, 0.5) is 0 Å². The molecule has 5 heteroatoms. The maximum atomic E-state index is 12.0. The van der Waals surface area contributed by atoms with Crippen LogP contribution in [0.1, 0.15) is 23.0 Å². The molecule has 0 saturated carbocycles. The molecular weight excluding hydrogens is 290 g/mol. The van der Waals surface area contributed by atoms with Crippen LogP contribution in [0, 0.1) is 0 Å². The molecular formula is C18H17N3O2.